The van der Waals surface area contributed by atoms with Crippen LogP contribution in [-0.4, -0.2) is 48.3 Å². The number of halogens is 3. The van der Waals surface area contributed by atoms with Crippen LogP contribution in [0.1, 0.15) is 23.4 Å². The van der Waals surface area contributed by atoms with E-state index in [1.807, 2.05) is 0 Å². The number of likely N-dealkylation sites (tertiary alicyclic amines) is 1. The van der Waals surface area contributed by atoms with Gasteiger partial charge in [0.15, 0.2) is 0 Å². The summed E-state index contributed by atoms with van der Waals surface area (Å²) in [6.45, 7) is 0.397. The van der Waals surface area contributed by atoms with Crippen molar-refractivity contribution in [2.75, 3.05) is 26.2 Å². The Morgan fingerprint density at radius 2 is 2.15 bits per heavy atom. The molecule has 1 amide bonds. The predicted octanol–water partition coefficient (Wildman–Crippen LogP) is 1.68. The third kappa shape index (κ3) is 4.52. The van der Waals surface area contributed by atoms with E-state index < -0.39 is 12.7 Å². The molecule has 0 spiro atoms. The number of alkyl halides is 3. The van der Waals surface area contributed by atoms with Crippen LogP contribution in [0.15, 0.2) is 16.8 Å². The van der Waals surface area contributed by atoms with E-state index in [2.05, 4.69) is 10.5 Å². The highest BCUT2D eigenvalue weighted by atomic mass is 19.4. The van der Waals surface area contributed by atoms with Crippen LogP contribution in [-0.2, 0) is 0 Å². The van der Waals surface area contributed by atoms with Crippen LogP contribution in [0.3, 0.4) is 0 Å². The first-order chi connectivity index (χ1) is 9.44. The van der Waals surface area contributed by atoms with Gasteiger partial charge in [-0.05, 0) is 31.8 Å². The van der Waals surface area contributed by atoms with E-state index in [9.17, 15) is 18.0 Å². The first-order valence-corrected chi connectivity index (χ1v) is 6.42. The average molecular weight is 291 g/mol. The Morgan fingerprint density at radius 1 is 1.45 bits per heavy atom. The molecule has 1 saturated heterocycles. The Labute approximate surface area is 114 Å². The summed E-state index contributed by atoms with van der Waals surface area (Å²) in [4.78, 5) is 13.0. The molecule has 0 unspecified atom stereocenters. The number of piperidine rings is 1. The van der Waals surface area contributed by atoms with Crippen molar-refractivity contribution >= 4 is 5.91 Å². The molecule has 20 heavy (non-hydrogen) atoms. The number of amides is 1. The monoisotopic (exact) mass is 291 g/mol. The van der Waals surface area contributed by atoms with Crippen LogP contribution < -0.4 is 5.32 Å². The Hall–Kier alpha value is -1.57. The van der Waals surface area contributed by atoms with E-state index in [0.29, 0.717) is 32.5 Å². The molecule has 5 nitrogen and oxygen atoms in total. The summed E-state index contributed by atoms with van der Waals surface area (Å²) < 4.78 is 41.4. The molecular formula is C12H16F3N3O2. The van der Waals surface area contributed by atoms with Crippen LogP contribution in [0, 0.1) is 5.92 Å². The molecule has 0 bridgehead atoms. The van der Waals surface area contributed by atoms with Crippen molar-refractivity contribution in [3.63, 3.8) is 0 Å². The number of nitrogens with one attached hydrogen (secondary N) is 1. The third-order valence-corrected chi connectivity index (χ3v) is 3.32. The van der Waals surface area contributed by atoms with Crippen LogP contribution in [0.4, 0.5) is 13.2 Å². The second kappa shape index (κ2) is 6.25. The van der Waals surface area contributed by atoms with Crippen molar-refractivity contribution in [1.82, 2.24) is 15.4 Å². The van der Waals surface area contributed by atoms with Crippen molar-refractivity contribution in [2.45, 2.75) is 19.0 Å². The van der Waals surface area contributed by atoms with Crippen LogP contribution in [0.5, 0.6) is 0 Å². The molecule has 0 aromatic carbocycles. The molecule has 2 rings (SSSR count). The maximum Gasteiger partial charge on any atom is 0.401 e. The zero-order valence-electron chi connectivity index (χ0n) is 10.8. The van der Waals surface area contributed by atoms with E-state index in [1.54, 1.807) is 0 Å². The van der Waals surface area contributed by atoms with Gasteiger partial charge in [0, 0.05) is 12.6 Å². The van der Waals surface area contributed by atoms with Crippen molar-refractivity contribution in [2.24, 2.45) is 5.92 Å². The Balaban J connectivity index is 1.68. The lowest BCUT2D eigenvalue weighted by molar-refractivity contribution is -0.148. The lowest BCUT2D eigenvalue weighted by Gasteiger charge is -2.32. The number of aromatic nitrogens is 1. The predicted molar refractivity (Wildman–Crippen MR) is 64.1 cm³/mol. The van der Waals surface area contributed by atoms with Gasteiger partial charge in [-0.2, -0.15) is 13.2 Å². The third-order valence-electron chi connectivity index (χ3n) is 3.32. The smallest absolute Gasteiger partial charge is 0.351 e. The van der Waals surface area contributed by atoms with E-state index >= 15 is 0 Å². The summed E-state index contributed by atoms with van der Waals surface area (Å²) in [5, 5.41) is 6.14. The largest absolute Gasteiger partial charge is 0.401 e. The molecule has 8 heteroatoms. The Kier molecular flexibility index (Phi) is 4.64. The highest BCUT2D eigenvalue weighted by Crippen LogP contribution is 2.22. The van der Waals surface area contributed by atoms with Gasteiger partial charge in [-0.25, -0.2) is 0 Å². The molecule has 0 aliphatic carbocycles. The van der Waals surface area contributed by atoms with Gasteiger partial charge in [0.2, 0.25) is 5.76 Å². The number of carbonyl (C=O) groups excluding carboxylic acids is 1. The number of rotatable bonds is 4. The van der Waals surface area contributed by atoms with Crippen LogP contribution in [0.25, 0.3) is 0 Å². The second-order valence-electron chi connectivity index (χ2n) is 4.92. The van der Waals surface area contributed by atoms with E-state index in [4.69, 9.17) is 4.52 Å². The number of hydrogen-bond acceptors (Lipinski definition) is 4. The standard InChI is InChI=1S/C12H16F3N3O2/c13-12(14,15)8-18-5-2-9(3-6-18)7-16-11(19)10-1-4-17-20-10/h1,4,9H,2-3,5-8H2,(H,16,19). The maximum absolute atomic E-state index is 12.2. The van der Waals surface area contributed by atoms with E-state index in [1.165, 1.54) is 17.2 Å². The SMILES string of the molecule is O=C(NCC1CCN(CC(F)(F)F)CC1)c1ccno1. The molecule has 1 aliphatic rings. The van der Waals surface area contributed by atoms with Crippen molar-refractivity contribution < 1.29 is 22.5 Å². The molecular weight excluding hydrogens is 275 g/mol. The van der Waals surface area contributed by atoms with Gasteiger partial charge in [-0.15, -0.1) is 0 Å². The summed E-state index contributed by atoms with van der Waals surface area (Å²) in [5.41, 5.74) is 0. The Bertz CT molecular complexity index is 426. The molecule has 1 N–H and O–H groups in total. The lowest BCUT2D eigenvalue weighted by Crippen LogP contribution is -2.42. The quantitative estimate of drug-likeness (QED) is 0.917. The van der Waals surface area contributed by atoms with Gasteiger partial charge >= 0.3 is 6.18 Å². The molecule has 0 radical (unpaired) electrons. The van der Waals surface area contributed by atoms with Gasteiger partial charge in [0.25, 0.3) is 5.91 Å². The van der Waals surface area contributed by atoms with Crippen molar-refractivity contribution in [3.8, 4) is 0 Å². The minimum absolute atomic E-state index is 0.138. The summed E-state index contributed by atoms with van der Waals surface area (Å²) in [6.07, 6.45) is -1.47. The van der Waals surface area contributed by atoms with Crippen molar-refractivity contribution in [3.05, 3.63) is 18.0 Å². The second-order valence-corrected chi connectivity index (χ2v) is 4.92. The summed E-state index contributed by atoms with van der Waals surface area (Å²) in [6, 6.07) is 1.46. The minimum atomic E-state index is -4.15. The Morgan fingerprint density at radius 3 is 2.70 bits per heavy atom. The molecule has 1 aromatic rings. The van der Waals surface area contributed by atoms with Gasteiger partial charge < -0.3 is 9.84 Å². The van der Waals surface area contributed by atoms with Crippen molar-refractivity contribution in [1.29, 1.82) is 0 Å². The molecule has 1 aliphatic heterocycles. The fourth-order valence-electron chi connectivity index (χ4n) is 2.26. The minimum Gasteiger partial charge on any atom is -0.351 e. The lowest BCUT2D eigenvalue weighted by atomic mass is 9.97. The zero-order valence-corrected chi connectivity index (χ0v) is 10.8. The van der Waals surface area contributed by atoms with Gasteiger partial charge in [0.05, 0.1) is 12.7 Å². The van der Waals surface area contributed by atoms with Gasteiger partial charge in [-0.1, -0.05) is 5.16 Å². The summed E-state index contributed by atoms with van der Waals surface area (Å²) in [7, 11) is 0. The first kappa shape index (κ1) is 14.8. The average Bonchev–Trinajstić information content (AvgIpc) is 2.89. The normalized spacial score (nSPS) is 18.1. The zero-order chi connectivity index (χ0) is 14.6. The molecule has 112 valence electrons. The van der Waals surface area contributed by atoms with Gasteiger partial charge in [0.1, 0.15) is 0 Å². The number of hydrogen-bond donors (Lipinski definition) is 1. The highest BCUT2D eigenvalue weighted by Gasteiger charge is 2.32. The fourth-order valence-corrected chi connectivity index (χ4v) is 2.26. The summed E-state index contributed by atoms with van der Waals surface area (Å²) >= 11 is 0. The summed E-state index contributed by atoms with van der Waals surface area (Å²) in [5.74, 6) is -0.00826. The fraction of sp³-hybridized carbons (Fsp3) is 0.667. The van der Waals surface area contributed by atoms with E-state index in [0.717, 1.165) is 0 Å². The van der Waals surface area contributed by atoms with Crippen LogP contribution in [0.2, 0.25) is 0 Å². The number of nitrogens with zero attached hydrogens (tertiary/aromatic N) is 2. The molecule has 0 atom stereocenters. The topological polar surface area (TPSA) is 58.4 Å². The highest BCUT2D eigenvalue weighted by molar-refractivity contribution is 5.91. The maximum atomic E-state index is 12.2. The van der Waals surface area contributed by atoms with Gasteiger partial charge in [-0.3, -0.25) is 9.69 Å². The first-order valence-electron chi connectivity index (χ1n) is 6.42. The molecule has 0 saturated carbocycles. The molecule has 1 aromatic heterocycles. The molecule has 1 fully saturated rings. The van der Waals surface area contributed by atoms with E-state index in [-0.39, 0.29) is 17.6 Å². The number of carbonyl (C=O) groups is 1. The van der Waals surface area contributed by atoms with Crippen LogP contribution >= 0.6 is 0 Å². The molecule has 2 heterocycles.